The molecule has 0 aromatic heterocycles. The second kappa shape index (κ2) is 6.04. The number of nitrogens with two attached hydrogens (primary N) is 1. The Kier molecular flexibility index (Phi) is 4.39. The molecule has 104 valence electrons. The van der Waals surface area contributed by atoms with Crippen molar-refractivity contribution in [3.05, 3.63) is 29.8 Å². The van der Waals surface area contributed by atoms with E-state index in [-0.39, 0.29) is 11.7 Å². The van der Waals surface area contributed by atoms with Crippen LogP contribution in [-0.4, -0.2) is 30.8 Å². The Hall–Kier alpha value is -1.59. The van der Waals surface area contributed by atoms with Crippen LogP contribution >= 0.6 is 0 Å². The maximum Gasteiger partial charge on any atom is 0.227 e. The van der Waals surface area contributed by atoms with Crippen LogP contribution in [0.4, 0.5) is 0 Å². The lowest BCUT2D eigenvalue weighted by Gasteiger charge is -2.34. The fraction of sp³-hybridized carbons (Fsp3) is 0.500. The first-order valence-corrected chi connectivity index (χ1v) is 6.51. The van der Waals surface area contributed by atoms with E-state index < -0.39 is 5.41 Å². The summed E-state index contributed by atoms with van der Waals surface area (Å²) in [6, 6.07) is 6.97. The van der Waals surface area contributed by atoms with Crippen molar-refractivity contribution in [2.75, 3.05) is 19.8 Å². The second-order valence-electron chi connectivity index (χ2n) is 4.91. The van der Waals surface area contributed by atoms with E-state index in [9.17, 15) is 9.90 Å². The molecule has 1 saturated heterocycles. The van der Waals surface area contributed by atoms with E-state index >= 15 is 0 Å². The van der Waals surface area contributed by atoms with Gasteiger partial charge in [-0.25, -0.2) is 0 Å². The number of hydrogen-bond donors (Lipinski definition) is 3. The minimum absolute atomic E-state index is 0.0541. The number of nitrogens with one attached hydrogen (secondary N) is 1. The zero-order chi connectivity index (χ0) is 13.7. The number of benzene rings is 1. The number of para-hydroxylation sites is 1. The number of phenols is 1. The summed E-state index contributed by atoms with van der Waals surface area (Å²) in [6.45, 7) is 1.78. The molecule has 1 fully saturated rings. The summed E-state index contributed by atoms with van der Waals surface area (Å²) >= 11 is 0. The van der Waals surface area contributed by atoms with Crippen LogP contribution in [0.15, 0.2) is 24.3 Å². The third-order valence-electron chi connectivity index (χ3n) is 3.75. The summed E-state index contributed by atoms with van der Waals surface area (Å²) in [5, 5.41) is 12.5. The number of rotatable bonds is 4. The molecule has 1 aliphatic rings. The van der Waals surface area contributed by atoms with Crippen molar-refractivity contribution < 1.29 is 14.6 Å². The fourth-order valence-electron chi connectivity index (χ4n) is 2.31. The molecule has 0 atom stereocenters. The molecule has 2 rings (SSSR count). The number of hydrogen-bond acceptors (Lipinski definition) is 4. The maximum atomic E-state index is 12.3. The molecule has 0 bridgehead atoms. The maximum absolute atomic E-state index is 12.3. The third-order valence-corrected chi connectivity index (χ3v) is 3.75. The molecule has 1 heterocycles. The zero-order valence-corrected chi connectivity index (χ0v) is 10.9. The minimum atomic E-state index is -0.525. The topological polar surface area (TPSA) is 84.6 Å². The van der Waals surface area contributed by atoms with Gasteiger partial charge in [-0.3, -0.25) is 4.79 Å². The van der Waals surface area contributed by atoms with Crippen LogP contribution in [0.3, 0.4) is 0 Å². The SMILES string of the molecule is NCC1(C(=O)NCc2ccccc2O)CCOCC1. The summed E-state index contributed by atoms with van der Waals surface area (Å²) in [6.07, 6.45) is 1.30. The van der Waals surface area contributed by atoms with E-state index in [1.807, 2.05) is 6.07 Å². The van der Waals surface area contributed by atoms with Gasteiger partial charge in [0.25, 0.3) is 0 Å². The molecule has 1 aromatic carbocycles. The summed E-state index contributed by atoms with van der Waals surface area (Å²) in [7, 11) is 0. The summed E-state index contributed by atoms with van der Waals surface area (Å²) < 4.78 is 5.28. The lowest BCUT2D eigenvalue weighted by molar-refractivity contribution is -0.136. The molecule has 1 aliphatic heterocycles. The van der Waals surface area contributed by atoms with Crippen LogP contribution in [0, 0.1) is 5.41 Å². The van der Waals surface area contributed by atoms with Gasteiger partial charge in [-0.15, -0.1) is 0 Å². The number of phenolic OH excluding ortho intramolecular Hbond substituents is 1. The highest BCUT2D eigenvalue weighted by Gasteiger charge is 2.38. The van der Waals surface area contributed by atoms with E-state index in [0.717, 1.165) is 0 Å². The largest absolute Gasteiger partial charge is 0.508 e. The molecule has 5 heteroatoms. The Morgan fingerprint density at radius 1 is 1.37 bits per heavy atom. The number of carbonyl (C=O) groups is 1. The Morgan fingerprint density at radius 3 is 2.68 bits per heavy atom. The highest BCUT2D eigenvalue weighted by atomic mass is 16.5. The molecule has 0 radical (unpaired) electrons. The van der Waals surface area contributed by atoms with Crippen LogP contribution in [-0.2, 0) is 16.1 Å². The van der Waals surface area contributed by atoms with E-state index in [1.165, 1.54) is 0 Å². The van der Waals surface area contributed by atoms with Crippen molar-refractivity contribution in [1.82, 2.24) is 5.32 Å². The molecule has 1 amide bonds. The number of amides is 1. The Labute approximate surface area is 112 Å². The van der Waals surface area contributed by atoms with Gasteiger partial charge in [0.2, 0.25) is 5.91 Å². The fourth-order valence-corrected chi connectivity index (χ4v) is 2.31. The molecule has 5 nitrogen and oxygen atoms in total. The van der Waals surface area contributed by atoms with Gasteiger partial charge >= 0.3 is 0 Å². The number of aromatic hydroxyl groups is 1. The minimum Gasteiger partial charge on any atom is -0.508 e. The van der Waals surface area contributed by atoms with Crippen LogP contribution in [0.1, 0.15) is 18.4 Å². The Balaban J connectivity index is 1.98. The molecule has 1 aromatic rings. The molecule has 0 saturated carbocycles. The quantitative estimate of drug-likeness (QED) is 0.749. The van der Waals surface area contributed by atoms with Crippen LogP contribution in [0.5, 0.6) is 5.75 Å². The number of carbonyl (C=O) groups excluding carboxylic acids is 1. The average Bonchev–Trinajstić information content (AvgIpc) is 2.46. The lowest BCUT2D eigenvalue weighted by atomic mass is 9.79. The molecule has 19 heavy (non-hydrogen) atoms. The molecule has 0 spiro atoms. The molecule has 4 N–H and O–H groups in total. The van der Waals surface area contributed by atoms with Gasteiger partial charge in [-0.05, 0) is 18.9 Å². The van der Waals surface area contributed by atoms with Crippen LogP contribution < -0.4 is 11.1 Å². The highest BCUT2D eigenvalue weighted by Crippen LogP contribution is 2.29. The predicted molar refractivity (Wildman–Crippen MR) is 71.5 cm³/mol. The van der Waals surface area contributed by atoms with Gasteiger partial charge in [0.05, 0.1) is 5.41 Å². The van der Waals surface area contributed by atoms with E-state index in [0.29, 0.717) is 44.7 Å². The van der Waals surface area contributed by atoms with Gasteiger partial charge in [-0.2, -0.15) is 0 Å². The summed E-state index contributed by atoms with van der Waals surface area (Å²) in [5.41, 5.74) is 5.95. The standard InChI is InChI=1S/C14H20N2O3/c15-10-14(5-7-19-8-6-14)13(18)16-9-11-3-1-2-4-12(11)17/h1-4,17H,5-10,15H2,(H,16,18). The van der Waals surface area contributed by atoms with Crippen molar-refractivity contribution in [2.45, 2.75) is 19.4 Å². The summed E-state index contributed by atoms with van der Waals surface area (Å²) in [4.78, 5) is 12.3. The first kappa shape index (κ1) is 13.8. The first-order chi connectivity index (χ1) is 9.18. The molecule has 0 unspecified atom stereocenters. The van der Waals surface area contributed by atoms with Gasteiger partial charge in [0.1, 0.15) is 5.75 Å². The second-order valence-corrected chi connectivity index (χ2v) is 4.91. The average molecular weight is 264 g/mol. The van der Waals surface area contributed by atoms with Crippen molar-refractivity contribution >= 4 is 5.91 Å². The van der Waals surface area contributed by atoms with Gasteiger partial charge in [-0.1, -0.05) is 18.2 Å². The van der Waals surface area contributed by atoms with Gasteiger partial charge < -0.3 is 20.9 Å². The van der Waals surface area contributed by atoms with Gasteiger partial charge in [0.15, 0.2) is 0 Å². The van der Waals surface area contributed by atoms with Crippen molar-refractivity contribution in [2.24, 2.45) is 11.1 Å². The highest BCUT2D eigenvalue weighted by molar-refractivity contribution is 5.83. The molecular weight excluding hydrogens is 244 g/mol. The smallest absolute Gasteiger partial charge is 0.227 e. The lowest BCUT2D eigenvalue weighted by Crippen LogP contribution is -2.48. The van der Waals surface area contributed by atoms with E-state index in [4.69, 9.17) is 10.5 Å². The Morgan fingerprint density at radius 2 is 2.05 bits per heavy atom. The van der Waals surface area contributed by atoms with Crippen molar-refractivity contribution in [3.8, 4) is 5.75 Å². The monoisotopic (exact) mass is 264 g/mol. The van der Waals surface area contributed by atoms with Crippen molar-refractivity contribution in [3.63, 3.8) is 0 Å². The normalized spacial score (nSPS) is 17.9. The molecule has 0 aliphatic carbocycles. The summed E-state index contributed by atoms with van der Waals surface area (Å²) in [5.74, 6) is 0.137. The van der Waals surface area contributed by atoms with E-state index in [2.05, 4.69) is 5.32 Å². The first-order valence-electron chi connectivity index (χ1n) is 6.51. The van der Waals surface area contributed by atoms with Crippen LogP contribution in [0.2, 0.25) is 0 Å². The zero-order valence-electron chi connectivity index (χ0n) is 10.9. The van der Waals surface area contributed by atoms with E-state index in [1.54, 1.807) is 18.2 Å². The molecular formula is C14H20N2O3. The Bertz CT molecular complexity index is 442. The van der Waals surface area contributed by atoms with Crippen molar-refractivity contribution in [1.29, 1.82) is 0 Å². The predicted octanol–water partition coefficient (Wildman–Crippen LogP) is 0.764. The number of ether oxygens (including phenoxy) is 1. The van der Waals surface area contributed by atoms with Crippen LogP contribution in [0.25, 0.3) is 0 Å². The van der Waals surface area contributed by atoms with Gasteiger partial charge in [0, 0.05) is 31.9 Å². The third kappa shape index (κ3) is 3.05.